The number of ether oxygens (including phenoxy) is 1. The van der Waals surface area contributed by atoms with E-state index in [2.05, 4.69) is 17.0 Å². The van der Waals surface area contributed by atoms with Crippen LogP contribution in [0.25, 0.3) is 10.8 Å². The van der Waals surface area contributed by atoms with Crippen LogP contribution in [0, 0.1) is 5.92 Å². The van der Waals surface area contributed by atoms with E-state index in [0.717, 1.165) is 48.2 Å². The molecule has 1 N–H and O–H groups in total. The minimum absolute atomic E-state index is 0.00572. The van der Waals surface area contributed by atoms with Gasteiger partial charge in [0, 0.05) is 44.1 Å². The molecule has 204 valence electrons. The Morgan fingerprint density at radius 2 is 1.79 bits per heavy atom. The van der Waals surface area contributed by atoms with Crippen molar-refractivity contribution in [2.45, 2.75) is 62.5 Å². The molecule has 3 aliphatic rings. The van der Waals surface area contributed by atoms with E-state index in [0.29, 0.717) is 30.7 Å². The molecule has 3 aromatic carbocycles. The van der Waals surface area contributed by atoms with Gasteiger partial charge in [0.25, 0.3) is 5.91 Å². The Morgan fingerprint density at radius 3 is 2.56 bits per heavy atom. The van der Waals surface area contributed by atoms with Crippen LogP contribution in [-0.4, -0.2) is 65.1 Å². The molecular weight excluding hydrogens is 488 g/mol. The first-order valence-corrected chi connectivity index (χ1v) is 14.3. The van der Waals surface area contributed by atoms with Crippen molar-refractivity contribution in [3.8, 4) is 5.75 Å². The number of amides is 1. The van der Waals surface area contributed by atoms with E-state index >= 15 is 0 Å². The maximum atomic E-state index is 13.7. The second-order valence-corrected chi connectivity index (χ2v) is 12.0. The van der Waals surface area contributed by atoms with Crippen LogP contribution in [0.5, 0.6) is 5.75 Å². The highest BCUT2D eigenvalue weighted by atomic mass is 16.5. The van der Waals surface area contributed by atoms with E-state index < -0.39 is 11.0 Å². The fourth-order valence-corrected chi connectivity index (χ4v) is 7.10. The summed E-state index contributed by atoms with van der Waals surface area (Å²) in [7, 11) is 1.90. The number of fused-ring (bicyclic) bond motifs is 2. The number of aliphatic hydroxyl groups is 1. The molecule has 0 spiro atoms. The van der Waals surface area contributed by atoms with Gasteiger partial charge in [0.15, 0.2) is 0 Å². The van der Waals surface area contributed by atoms with Crippen molar-refractivity contribution in [2.75, 3.05) is 26.7 Å². The molecule has 2 saturated carbocycles. The fourth-order valence-electron chi connectivity index (χ4n) is 7.10. The van der Waals surface area contributed by atoms with Crippen LogP contribution in [0.15, 0.2) is 66.7 Å². The molecule has 6 heteroatoms. The van der Waals surface area contributed by atoms with E-state index in [9.17, 15) is 14.7 Å². The zero-order chi connectivity index (χ0) is 27.2. The molecule has 0 radical (unpaired) electrons. The first-order chi connectivity index (χ1) is 18.8. The zero-order valence-corrected chi connectivity index (χ0v) is 22.9. The van der Waals surface area contributed by atoms with Gasteiger partial charge in [-0.15, -0.1) is 0 Å². The third-order valence-electron chi connectivity index (χ3n) is 9.43. The lowest BCUT2D eigenvalue weighted by atomic mass is 9.55. The van der Waals surface area contributed by atoms with Crippen LogP contribution < -0.4 is 4.74 Å². The molecule has 0 aromatic heterocycles. The summed E-state index contributed by atoms with van der Waals surface area (Å²) in [6.45, 7) is 4.00. The van der Waals surface area contributed by atoms with Crippen LogP contribution >= 0.6 is 0 Å². The molecule has 2 aliphatic carbocycles. The Kier molecular flexibility index (Phi) is 6.72. The van der Waals surface area contributed by atoms with Crippen LogP contribution in [0.3, 0.4) is 0 Å². The second kappa shape index (κ2) is 10.1. The smallest absolute Gasteiger partial charge is 0.308 e. The summed E-state index contributed by atoms with van der Waals surface area (Å²) in [6, 6.07) is 21.6. The Bertz CT molecular complexity index is 1400. The van der Waals surface area contributed by atoms with E-state index in [-0.39, 0.29) is 17.9 Å². The average molecular weight is 527 g/mol. The van der Waals surface area contributed by atoms with Gasteiger partial charge in [-0.1, -0.05) is 42.5 Å². The van der Waals surface area contributed by atoms with Crippen LogP contribution in [0.4, 0.5) is 0 Å². The molecule has 6 nitrogen and oxygen atoms in total. The summed E-state index contributed by atoms with van der Waals surface area (Å²) in [5.74, 6) is 0.905. The van der Waals surface area contributed by atoms with Crippen molar-refractivity contribution < 1.29 is 19.4 Å². The largest absolute Gasteiger partial charge is 0.427 e. The SMILES string of the molecule is CC(=O)Oc1cccc([C@@]23CCN(CC4CC4)C[C@@]2(O)CC[C@H](N(C)C(=O)c2ccc4ccccc4c2)C3)c1. The summed E-state index contributed by atoms with van der Waals surface area (Å²) in [5, 5.41) is 14.6. The molecule has 0 bridgehead atoms. The summed E-state index contributed by atoms with van der Waals surface area (Å²) < 4.78 is 5.45. The average Bonchev–Trinajstić information content (AvgIpc) is 3.75. The van der Waals surface area contributed by atoms with Gasteiger partial charge in [0.05, 0.1) is 5.60 Å². The summed E-state index contributed by atoms with van der Waals surface area (Å²) in [5.41, 5.74) is 0.218. The van der Waals surface area contributed by atoms with E-state index in [1.54, 1.807) is 6.07 Å². The fraction of sp³-hybridized carbons (Fsp3) is 0.455. The quantitative estimate of drug-likeness (QED) is 0.354. The van der Waals surface area contributed by atoms with Gasteiger partial charge in [-0.3, -0.25) is 9.59 Å². The van der Waals surface area contributed by atoms with Gasteiger partial charge in [-0.2, -0.15) is 0 Å². The van der Waals surface area contributed by atoms with Crippen LogP contribution in [-0.2, 0) is 10.2 Å². The minimum atomic E-state index is -0.918. The Morgan fingerprint density at radius 1 is 1.00 bits per heavy atom. The van der Waals surface area contributed by atoms with Gasteiger partial charge < -0.3 is 19.6 Å². The number of carbonyl (C=O) groups excluding carboxylic acids is 2. The van der Waals surface area contributed by atoms with E-state index in [1.807, 2.05) is 60.5 Å². The summed E-state index contributed by atoms with van der Waals surface area (Å²) in [6.07, 6.45) is 5.40. The number of benzene rings is 3. The van der Waals surface area contributed by atoms with Crippen LogP contribution in [0.1, 0.15) is 61.4 Å². The predicted molar refractivity (Wildman–Crippen MR) is 152 cm³/mol. The topological polar surface area (TPSA) is 70.1 Å². The minimum Gasteiger partial charge on any atom is -0.427 e. The number of nitrogens with zero attached hydrogens (tertiary/aromatic N) is 2. The molecular formula is C33H38N2O4. The zero-order valence-electron chi connectivity index (χ0n) is 22.9. The number of rotatable bonds is 6. The number of esters is 1. The molecule has 3 aromatic rings. The molecule has 1 saturated heterocycles. The van der Waals surface area contributed by atoms with Gasteiger partial charge >= 0.3 is 5.97 Å². The molecule has 1 amide bonds. The molecule has 3 atom stereocenters. The van der Waals surface area contributed by atoms with E-state index in [4.69, 9.17) is 4.74 Å². The number of carbonyl (C=O) groups is 2. The van der Waals surface area contributed by atoms with Gasteiger partial charge in [0.1, 0.15) is 5.75 Å². The molecule has 39 heavy (non-hydrogen) atoms. The standard InChI is InChI=1S/C33H38N2O4/c1-23(36)39-30-9-5-8-28(19-30)32-16-17-35(21-24-10-11-24)22-33(32,38)15-14-29(20-32)34(2)31(37)27-13-12-25-6-3-4-7-26(25)18-27/h3-9,12-13,18-19,24,29,38H,10-11,14-17,20-22H2,1-2H3/t29-,32-,33-/m0/s1. The highest BCUT2D eigenvalue weighted by Crippen LogP contribution is 2.53. The lowest BCUT2D eigenvalue weighted by Gasteiger charge is -2.59. The van der Waals surface area contributed by atoms with Crippen molar-refractivity contribution in [3.05, 3.63) is 77.9 Å². The summed E-state index contributed by atoms with van der Waals surface area (Å²) >= 11 is 0. The maximum absolute atomic E-state index is 13.7. The molecule has 3 fully saturated rings. The third kappa shape index (κ3) is 4.96. The Labute approximate surface area is 230 Å². The lowest BCUT2D eigenvalue weighted by Crippen LogP contribution is -2.67. The van der Waals surface area contributed by atoms with E-state index in [1.165, 1.54) is 19.8 Å². The first-order valence-electron chi connectivity index (χ1n) is 14.3. The van der Waals surface area contributed by atoms with Gasteiger partial charge in [-0.05, 0) is 91.6 Å². The van der Waals surface area contributed by atoms with Gasteiger partial charge in [-0.25, -0.2) is 0 Å². The second-order valence-electron chi connectivity index (χ2n) is 12.0. The first kappa shape index (κ1) is 26.0. The predicted octanol–water partition coefficient (Wildman–Crippen LogP) is 5.17. The van der Waals surface area contributed by atoms with Crippen molar-refractivity contribution in [2.24, 2.45) is 5.92 Å². The maximum Gasteiger partial charge on any atom is 0.308 e. The number of β-amino-alcohol motifs (C(OH)–C–C–N with tert-alkyl or cyclic N) is 1. The molecule has 6 rings (SSSR count). The van der Waals surface area contributed by atoms with Crippen molar-refractivity contribution in [1.82, 2.24) is 9.80 Å². The lowest BCUT2D eigenvalue weighted by molar-refractivity contribution is -0.133. The number of piperidine rings is 1. The highest BCUT2D eigenvalue weighted by molar-refractivity contribution is 5.98. The van der Waals surface area contributed by atoms with Gasteiger partial charge in [0.2, 0.25) is 0 Å². The molecule has 1 heterocycles. The number of likely N-dealkylation sites (tertiary alicyclic amines) is 1. The third-order valence-corrected chi connectivity index (χ3v) is 9.43. The monoisotopic (exact) mass is 526 g/mol. The number of hydrogen-bond acceptors (Lipinski definition) is 5. The van der Waals surface area contributed by atoms with Crippen molar-refractivity contribution >= 4 is 22.6 Å². The van der Waals surface area contributed by atoms with Crippen LogP contribution in [0.2, 0.25) is 0 Å². The normalized spacial score (nSPS) is 27.1. The van der Waals surface area contributed by atoms with Crippen molar-refractivity contribution in [1.29, 1.82) is 0 Å². The highest BCUT2D eigenvalue weighted by Gasteiger charge is 2.58. The Hall–Kier alpha value is -3.22. The molecule has 0 unspecified atom stereocenters. The molecule has 1 aliphatic heterocycles. The number of hydrogen-bond donors (Lipinski definition) is 1. The Balaban J connectivity index is 1.31. The summed E-state index contributed by atoms with van der Waals surface area (Å²) in [4.78, 5) is 29.8. The van der Waals surface area contributed by atoms with Crippen molar-refractivity contribution in [3.63, 3.8) is 0 Å².